The fraction of sp³-hybridized carbons (Fsp3) is 0.270. The molecule has 4 heterocycles. The highest BCUT2D eigenvalue weighted by molar-refractivity contribution is 8.25. The predicted molar refractivity (Wildman–Crippen MR) is 194 cm³/mol. The molecule has 7 nitrogen and oxygen atoms in total. The molecule has 4 N–H and O–H groups in total. The van der Waals surface area contributed by atoms with Gasteiger partial charge in [-0.1, -0.05) is 43.3 Å². The SMILES string of the molecule is C=C/C=C(/c1cc(F)cc(CNS(=C)(=C)C)c1)c1cc(-c2n[nH]c3ccc(-c4cncc(CNCC5CCCC5)c4)nc23)[nH]c1C. The molecule has 6 rings (SSSR count). The summed E-state index contributed by atoms with van der Waals surface area (Å²) >= 11 is 0. The maximum absolute atomic E-state index is 14.9. The minimum absolute atomic E-state index is 0.305. The Balaban J connectivity index is 1.29. The number of aromatic amines is 2. The van der Waals surface area contributed by atoms with Crippen LogP contribution in [0, 0.1) is 18.7 Å². The second-order valence-electron chi connectivity index (χ2n) is 12.5. The third-order valence-corrected chi connectivity index (χ3v) is 9.31. The second kappa shape index (κ2) is 13.6. The lowest BCUT2D eigenvalue weighted by Gasteiger charge is -2.13. The van der Waals surface area contributed by atoms with Gasteiger partial charge in [-0.25, -0.2) is 9.37 Å². The van der Waals surface area contributed by atoms with Gasteiger partial charge in [0.15, 0.2) is 0 Å². The summed E-state index contributed by atoms with van der Waals surface area (Å²) < 4.78 is 18.2. The van der Waals surface area contributed by atoms with Crippen molar-refractivity contribution in [3.05, 3.63) is 107 Å². The molecule has 5 aromatic rings. The molecule has 4 aromatic heterocycles. The van der Waals surface area contributed by atoms with Crippen LogP contribution in [0.3, 0.4) is 0 Å². The Kier molecular flexibility index (Phi) is 9.35. The zero-order valence-electron chi connectivity index (χ0n) is 26.6. The number of hydrogen-bond donors (Lipinski definition) is 4. The molecule has 1 aromatic carbocycles. The molecule has 9 heteroatoms. The molecule has 0 spiro atoms. The summed E-state index contributed by atoms with van der Waals surface area (Å²) in [6, 6.07) is 13.3. The molecule has 238 valence electrons. The Labute approximate surface area is 271 Å². The van der Waals surface area contributed by atoms with Gasteiger partial charge in [-0.2, -0.15) is 14.5 Å². The van der Waals surface area contributed by atoms with E-state index in [-0.39, 0.29) is 5.82 Å². The Bertz CT molecular complexity index is 2010. The summed E-state index contributed by atoms with van der Waals surface area (Å²) in [5.74, 6) is 8.63. The molecule has 0 radical (unpaired) electrons. The van der Waals surface area contributed by atoms with Gasteiger partial charge in [-0.15, -0.1) is 0 Å². The second-order valence-corrected chi connectivity index (χ2v) is 15.3. The van der Waals surface area contributed by atoms with Gasteiger partial charge in [0, 0.05) is 42.3 Å². The van der Waals surface area contributed by atoms with Gasteiger partial charge in [-0.3, -0.25) is 14.8 Å². The van der Waals surface area contributed by atoms with Crippen LogP contribution in [0.5, 0.6) is 0 Å². The van der Waals surface area contributed by atoms with E-state index in [1.807, 2.05) is 55.9 Å². The van der Waals surface area contributed by atoms with Crippen LogP contribution in [0.15, 0.2) is 73.6 Å². The van der Waals surface area contributed by atoms with Crippen LogP contribution >= 0.6 is 9.39 Å². The summed E-state index contributed by atoms with van der Waals surface area (Å²) in [5, 5.41) is 11.4. The van der Waals surface area contributed by atoms with Gasteiger partial charge >= 0.3 is 0 Å². The van der Waals surface area contributed by atoms with Gasteiger partial charge in [0.05, 0.1) is 16.9 Å². The van der Waals surface area contributed by atoms with E-state index < -0.39 is 9.39 Å². The van der Waals surface area contributed by atoms with Gasteiger partial charge in [0.25, 0.3) is 0 Å². The number of aryl methyl sites for hydroxylation is 1. The number of H-pyrrole nitrogens is 2. The Morgan fingerprint density at radius 1 is 1.07 bits per heavy atom. The summed E-state index contributed by atoms with van der Waals surface area (Å²) in [4.78, 5) is 13.1. The highest BCUT2D eigenvalue weighted by atomic mass is 32.2. The largest absolute Gasteiger partial charge is 0.357 e. The standard InChI is InChI=1S/C37H42FN7S/c1-6-9-31(28-14-26(16-30(38)17-28)22-41-46(3,4)5)32-18-35(42-24(32)2)37-36-34(44-45-37)13-12-33(43-36)29-15-27(21-40-23-29)20-39-19-25-10-7-8-11-25/h6,9,12-18,21,23,25,39,41-42H,1,3-4,7-8,10-11,19-20,22H2,2,5H3,(H,44,45)/b31-9-. The quantitative estimate of drug-likeness (QED) is 0.0834. The van der Waals surface area contributed by atoms with Crippen LogP contribution in [0.2, 0.25) is 0 Å². The number of hydrogen-bond acceptors (Lipinski definition) is 5. The van der Waals surface area contributed by atoms with E-state index in [4.69, 9.17) is 4.98 Å². The van der Waals surface area contributed by atoms with E-state index >= 15 is 0 Å². The van der Waals surface area contributed by atoms with Crippen LogP contribution in [-0.2, 0) is 13.1 Å². The molecule has 1 saturated carbocycles. The molecule has 0 bridgehead atoms. The molecular formula is C37H42FN7S. The number of halogens is 1. The molecule has 0 amide bonds. The first kappa shape index (κ1) is 31.7. The molecule has 0 aliphatic heterocycles. The van der Waals surface area contributed by atoms with E-state index in [1.165, 1.54) is 25.7 Å². The Morgan fingerprint density at radius 2 is 1.89 bits per heavy atom. The molecule has 0 atom stereocenters. The fourth-order valence-electron chi connectivity index (χ4n) is 6.20. The topological polar surface area (TPSA) is 94.3 Å². The number of allylic oxidation sites excluding steroid dienone is 2. The molecule has 0 saturated heterocycles. The van der Waals surface area contributed by atoms with E-state index in [0.29, 0.717) is 12.2 Å². The van der Waals surface area contributed by atoms with Crippen molar-refractivity contribution in [1.29, 1.82) is 0 Å². The lowest BCUT2D eigenvalue weighted by Crippen LogP contribution is -2.20. The predicted octanol–water partition coefficient (Wildman–Crippen LogP) is 7.66. The zero-order chi connectivity index (χ0) is 32.3. The van der Waals surface area contributed by atoms with Crippen molar-refractivity contribution in [2.24, 2.45) is 5.92 Å². The van der Waals surface area contributed by atoms with Crippen molar-refractivity contribution in [2.75, 3.05) is 12.8 Å². The smallest absolute Gasteiger partial charge is 0.135 e. The molecule has 1 aliphatic rings. The van der Waals surface area contributed by atoms with Crippen molar-refractivity contribution < 1.29 is 4.39 Å². The van der Waals surface area contributed by atoms with Crippen molar-refractivity contribution in [2.45, 2.75) is 45.7 Å². The third kappa shape index (κ3) is 7.39. The number of nitrogens with zero attached hydrogens (tertiary/aromatic N) is 3. The molecular weight excluding hydrogens is 594 g/mol. The van der Waals surface area contributed by atoms with Gasteiger partial charge < -0.3 is 10.3 Å². The van der Waals surface area contributed by atoms with Crippen LogP contribution in [0.1, 0.15) is 53.6 Å². The van der Waals surface area contributed by atoms with E-state index in [9.17, 15) is 4.39 Å². The van der Waals surface area contributed by atoms with E-state index in [0.717, 1.165) is 80.5 Å². The molecule has 0 unspecified atom stereocenters. The van der Waals surface area contributed by atoms with Crippen LogP contribution in [0.25, 0.3) is 39.3 Å². The molecule has 1 aliphatic carbocycles. The highest BCUT2D eigenvalue weighted by Crippen LogP contribution is 2.34. The number of rotatable bonds is 12. The van der Waals surface area contributed by atoms with Gasteiger partial charge in [0.1, 0.15) is 17.0 Å². The average molecular weight is 636 g/mol. The lowest BCUT2D eigenvalue weighted by molar-refractivity contribution is 0.489. The third-order valence-electron chi connectivity index (χ3n) is 8.47. The maximum Gasteiger partial charge on any atom is 0.135 e. The van der Waals surface area contributed by atoms with Crippen LogP contribution in [-0.4, -0.2) is 49.7 Å². The summed E-state index contributed by atoms with van der Waals surface area (Å²) in [6.07, 6.45) is 14.7. The molecule has 1 fully saturated rings. The van der Waals surface area contributed by atoms with Gasteiger partial charge in [-0.05, 0) is 103 Å². The first-order chi connectivity index (χ1) is 22.2. The van der Waals surface area contributed by atoms with Crippen molar-refractivity contribution in [3.8, 4) is 22.6 Å². The number of benzene rings is 1. The zero-order valence-corrected chi connectivity index (χ0v) is 27.4. The number of fused-ring (bicyclic) bond motifs is 1. The normalized spacial score (nSPS) is 14.4. The number of aromatic nitrogens is 5. The number of pyridine rings is 2. The average Bonchev–Trinajstić information content (AvgIpc) is 3.78. The summed E-state index contributed by atoms with van der Waals surface area (Å²) in [6.45, 7) is 8.25. The summed E-state index contributed by atoms with van der Waals surface area (Å²) in [7, 11) is -1.44. The molecule has 46 heavy (non-hydrogen) atoms. The van der Waals surface area contributed by atoms with Crippen LogP contribution < -0.4 is 10.0 Å². The number of nitrogens with one attached hydrogen (secondary N) is 4. The highest BCUT2D eigenvalue weighted by Gasteiger charge is 2.19. The van der Waals surface area contributed by atoms with Crippen LogP contribution in [0.4, 0.5) is 4.39 Å². The minimum Gasteiger partial charge on any atom is -0.357 e. The maximum atomic E-state index is 14.9. The van der Waals surface area contributed by atoms with Crippen molar-refractivity contribution >= 4 is 37.7 Å². The van der Waals surface area contributed by atoms with E-state index in [1.54, 1.807) is 18.2 Å². The van der Waals surface area contributed by atoms with E-state index in [2.05, 4.69) is 54.6 Å². The minimum atomic E-state index is -1.44. The fourth-order valence-corrected chi connectivity index (χ4v) is 6.71. The van der Waals surface area contributed by atoms with Crippen molar-refractivity contribution in [1.82, 2.24) is 35.2 Å². The first-order valence-corrected chi connectivity index (χ1v) is 18.1. The lowest BCUT2D eigenvalue weighted by atomic mass is 9.95. The Hall–Kier alpha value is -4.31. The van der Waals surface area contributed by atoms with Crippen molar-refractivity contribution in [3.63, 3.8) is 0 Å². The first-order valence-electron chi connectivity index (χ1n) is 15.7. The Morgan fingerprint density at radius 3 is 2.67 bits per heavy atom. The summed E-state index contributed by atoms with van der Waals surface area (Å²) in [5.41, 5.74) is 10.3. The van der Waals surface area contributed by atoms with Gasteiger partial charge in [0.2, 0.25) is 0 Å². The monoisotopic (exact) mass is 635 g/mol.